The normalized spacial score (nSPS) is 15.7. The number of ether oxygens (including phenoxy) is 1. The molecule has 1 aliphatic rings. The summed E-state index contributed by atoms with van der Waals surface area (Å²) >= 11 is 0. The molecule has 0 saturated carbocycles. The molecule has 1 heterocycles. The zero-order chi connectivity index (χ0) is 15.6. The van der Waals surface area contributed by atoms with Crippen molar-refractivity contribution < 1.29 is 32.2 Å². The van der Waals surface area contributed by atoms with Gasteiger partial charge in [0, 0.05) is 13.1 Å². The number of amides is 1. The zero-order valence-electron chi connectivity index (χ0n) is 10.9. The second-order valence-corrected chi connectivity index (χ2v) is 4.83. The number of alkyl halides is 3. The molecule has 1 N–H and O–H groups in total. The van der Waals surface area contributed by atoms with E-state index in [1.54, 1.807) is 0 Å². The van der Waals surface area contributed by atoms with E-state index in [-0.39, 0.29) is 18.3 Å². The van der Waals surface area contributed by atoms with Gasteiger partial charge in [-0.1, -0.05) is 0 Å². The summed E-state index contributed by atoms with van der Waals surface area (Å²) < 4.78 is 55.6. The molecule has 1 aromatic carbocycles. The van der Waals surface area contributed by atoms with Crippen LogP contribution in [0.25, 0.3) is 0 Å². The molecule has 1 fully saturated rings. The van der Waals surface area contributed by atoms with Crippen molar-refractivity contribution in [2.75, 3.05) is 19.7 Å². The summed E-state index contributed by atoms with van der Waals surface area (Å²) in [6, 6.07) is 2.10. The van der Waals surface area contributed by atoms with Crippen molar-refractivity contribution >= 4 is 6.09 Å². The van der Waals surface area contributed by atoms with Crippen LogP contribution in [0.15, 0.2) is 18.2 Å². The highest BCUT2D eigenvalue weighted by Crippen LogP contribution is 2.32. The van der Waals surface area contributed by atoms with Gasteiger partial charge in [-0.3, -0.25) is 0 Å². The average molecular weight is 307 g/mol. The topological polar surface area (TPSA) is 49.8 Å². The summed E-state index contributed by atoms with van der Waals surface area (Å²) in [6.07, 6.45) is -5.06. The predicted molar refractivity (Wildman–Crippen MR) is 64.6 cm³/mol. The summed E-state index contributed by atoms with van der Waals surface area (Å²) in [6.45, 7) is 0.919. The van der Waals surface area contributed by atoms with E-state index in [1.165, 1.54) is 4.90 Å². The lowest BCUT2D eigenvalue weighted by atomic mass is 9.97. The third-order valence-electron chi connectivity index (χ3n) is 3.27. The molecule has 1 amide bonds. The maximum Gasteiger partial charge on any atom is 0.416 e. The number of carbonyl (C=O) groups is 1. The highest BCUT2D eigenvalue weighted by Gasteiger charge is 2.32. The van der Waals surface area contributed by atoms with Gasteiger partial charge in [-0.15, -0.1) is 0 Å². The van der Waals surface area contributed by atoms with Gasteiger partial charge in [0.2, 0.25) is 0 Å². The molecule has 0 radical (unpaired) electrons. The molecule has 21 heavy (non-hydrogen) atoms. The molecule has 0 bridgehead atoms. The molecule has 8 heteroatoms. The van der Waals surface area contributed by atoms with Gasteiger partial charge in [-0.2, -0.15) is 13.2 Å². The third kappa shape index (κ3) is 3.77. The SMILES string of the molecule is O=C(O)N1CC(CCOc2ccc(C(F)(F)F)cc2F)C1. The van der Waals surface area contributed by atoms with Crippen LogP contribution in [0, 0.1) is 11.7 Å². The number of halogens is 4. The van der Waals surface area contributed by atoms with E-state index in [4.69, 9.17) is 9.84 Å². The second kappa shape index (κ2) is 5.79. The first-order chi connectivity index (χ1) is 9.77. The van der Waals surface area contributed by atoms with E-state index in [9.17, 15) is 22.4 Å². The maximum absolute atomic E-state index is 13.5. The van der Waals surface area contributed by atoms with E-state index in [0.29, 0.717) is 25.6 Å². The van der Waals surface area contributed by atoms with Crippen molar-refractivity contribution in [2.45, 2.75) is 12.6 Å². The standard InChI is InChI=1S/C13H13F4NO3/c14-10-5-9(13(15,16)17)1-2-11(10)21-4-3-8-6-18(7-8)12(19)20/h1-2,5,8H,3-4,6-7H2,(H,19,20). The number of hydrogen-bond donors (Lipinski definition) is 1. The summed E-state index contributed by atoms with van der Waals surface area (Å²) in [7, 11) is 0. The second-order valence-electron chi connectivity index (χ2n) is 4.83. The Morgan fingerprint density at radius 3 is 2.57 bits per heavy atom. The van der Waals surface area contributed by atoms with Crippen molar-refractivity contribution in [1.82, 2.24) is 4.90 Å². The fraction of sp³-hybridized carbons (Fsp3) is 0.462. The Bertz CT molecular complexity index is 527. The molecule has 1 aromatic rings. The molecule has 0 unspecified atom stereocenters. The summed E-state index contributed by atoms with van der Waals surface area (Å²) in [5, 5.41) is 8.64. The van der Waals surface area contributed by atoms with E-state index in [2.05, 4.69) is 0 Å². The largest absolute Gasteiger partial charge is 0.491 e. The Labute approximate surface area is 117 Å². The zero-order valence-corrected chi connectivity index (χ0v) is 10.9. The monoisotopic (exact) mass is 307 g/mol. The van der Waals surface area contributed by atoms with Crippen LogP contribution in [0.2, 0.25) is 0 Å². The molecule has 4 nitrogen and oxygen atoms in total. The minimum Gasteiger partial charge on any atom is -0.491 e. The van der Waals surface area contributed by atoms with Gasteiger partial charge in [-0.25, -0.2) is 9.18 Å². The Hall–Kier alpha value is -1.99. The first-order valence-corrected chi connectivity index (χ1v) is 6.25. The minimum atomic E-state index is -4.59. The first-order valence-electron chi connectivity index (χ1n) is 6.25. The number of carboxylic acid groups (broad SMARTS) is 1. The van der Waals surface area contributed by atoms with Gasteiger partial charge in [0.25, 0.3) is 0 Å². The predicted octanol–water partition coefficient (Wildman–Crippen LogP) is 3.22. The number of benzene rings is 1. The van der Waals surface area contributed by atoms with E-state index < -0.39 is 23.7 Å². The van der Waals surface area contributed by atoms with Crippen molar-refractivity contribution in [3.05, 3.63) is 29.6 Å². The van der Waals surface area contributed by atoms with Crippen LogP contribution in [0.5, 0.6) is 5.75 Å². The van der Waals surface area contributed by atoms with Gasteiger partial charge < -0.3 is 14.7 Å². The van der Waals surface area contributed by atoms with E-state index in [0.717, 1.165) is 12.1 Å². The lowest BCUT2D eigenvalue weighted by Gasteiger charge is -2.36. The Morgan fingerprint density at radius 1 is 1.38 bits per heavy atom. The highest BCUT2D eigenvalue weighted by molar-refractivity contribution is 5.65. The minimum absolute atomic E-state index is 0.125. The molecule has 0 aromatic heterocycles. The average Bonchev–Trinajstić information content (AvgIpc) is 2.31. The molecule has 1 saturated heterocycles. The third-order valence-corrected chi connectivity index (χ3v) is 3.27. The molecule has 116 valence electrons. The maximum atomic E-state index is 13.5. The van der Waals surface area contributed by atoms with Crippen LogP contribution in [0.4, 0.5) is 22.4 Å². The van der Waals surface area contributed by atoms with Gasteiger partial charge in [-0.05, 0) is 30.5 Å². The van der Waals surface area contributed by atoms with Crippen LogP contribution in [0.3, 0.4) is 0 Å². The van der Waals surface area contributed by atoms with Gasteiger partial charge in [0.1, 0.15) is 0 Å². The summed E-state index contributed by atoms with van der Waals surface area (Å²) in [5.74, 6) is -1.17. The van der Waals surface area contributed by atoms with Crippen LogP contribution >= 0.6 is 0 Å². The Morgan fingerprint density at radius 2 is 2.05 bits per heavy atom. The van der Waals surface area contributed by atoms with E-state index >= 15 is 0 Å². The summed E-state index contributed by atoms with van der Waals surface area (Å²) in [5.41, 5.74) is -1.07. The van der Waals surface area contributed by atoms with Crippen molar-refractivity contribution in [3.8, 4) is 5.75 Å². The molecule has 0 atom stereocenters. The van der Waals surface area contributed by atoms with Crippen molar-refractivity contribution in [2.24, 2.45) is 5.92 Å². The lowest BCUT2D eigenvalue weighted by molar-refractivity contribution is -0.137. The summed E-state index contributed by atoms with van der Waals surface area (Å²) in [4.78, 5) is 11.8. The first kappa shape index (κ1) is 15.4. The van der Waals surface area contributed by atoms with Gasteiger partial charge in [0.05, 0.1) is 12.2 Å². The van der Waals surface area contributed by atoms with E-state index in [1.807, 2.05) is 0 Å². The van der Waals surface area contributed by atoms with Gasteiger partial charge >= 0.3 is 12.3 Å². The Kier molecular flexibility index (Phi) is 4.24. The highest BCUT2D eigenvalue weighted by atomic mass is 19.4. The van der Waals surface area contributed by atoms with Crippen LogP contribution in [-0.4, -0.2) is 35.8 Å². The molecule has 1 aliphatic heterocycles. The van der Waals surface area contributed by atoms with Crippen molar-refractivity contribution in [1.29, 1.82) is 0 Å². The lowest BCUT2D eigenvalue weighted by Crippen LogP contribution is -2.49. The van der Waals surface area contributed by atoms with Crippen molar-refractivity contribution in [3.63, 3.8) is 0 Å². The quantitative estimate of drug-likeness (QED) is 0.869. The Balaban J connectivity index is 1.81. The smallest absolute Gasteiger partial charge is 0.416 e. The molecular formula is C13H13F4NO3. The van der Waals surface area contributed by atoms with Crippen LogP contribution in [-0.2, 0) is 6.18 Å². The fourth-order valence-electron chi connectivity index (χ4n) is 2.04. The van der Waals surface area contributed by atoms with Crippen LogP contribution in [0.1, 0.15) is 12.0 Å². The fourth-order valence-corrected chi connectivity index (χ4v) is 2.04. The molecule has 0 spiro atoms. The van der Waals surface area contributed by atoms with Crippen LogP contribution < -0.4 is 4.74 Å². The molecule has 0 aliphatic carbocycles. The number of hydrogen-bond acceptors (Lipinski definition) is 2. The number of likely N-dealkylation sites (tertiary alicyclic amines) is 1. The number of nitrogens with zero attached hydrogens (tertiary/aromatic N) is 1. The molecule has 2 rings (SSSR count). The molecular weight excluding hydrogens is 294 g/mol. The van der Waals surface area contributed by atoms with Gasteiger partial charge in [0.15, 0.2) is 11.6 Å². The number of rotatable bonds is 4.